The molecule has 0 aliphatic carbocycles. The van der Waals surface area contributed by atoms with E-state index >= 15 is 0 Å². The average molecular weight is 218 g/mol. The molecule has 0 amide bonds. The van der Waals surface area contributed by atoms with Gasteiger partial charge in [0.15, 0.2) is 0 Å². The van der Waals surface area contributed by atoms with E-state index in [2.05, 4.69) is 4.98 Å². The van der Waals surface area contributed by atoms with Gasteiger partial charge < -0.3 is 0 Å². The molecular weight excluding hydrogens is 214 g/mol. The van der Waals surface area contributed by atoms with Gasteiger partial charge in [-0.15, -0.1) is 12.4 Å². The van der Waals surface area contributed by atoms with Crippen molar-refractivity contribution in [1.82, 2.24) is 4.98 Å². The van der Waals surface area contributed by atoms with Gasteiger partial charge in [-0.05, 0) is 6.07 Å². The number of hydrogen-bond acceptors (Lipinski definition) is 1. The van der Waals surface area contributed by atoms with Gasteiger partial charge in [0.1, 0.15) is 0 Å². The van der Waals surface area contributed by atoms with Crippen molar-refractivity contribution in [2.24, 2.45) is 0 Å². The van der Waals surface area contributed by atoms with Crippen LogP contribution in [0.5, 0.6) is 0 Å². The molecule has 0 aliphatic rings. The highest BCUT2D eigenvalue weighted by Gasteiger charge is 2.30. The number of pyridine rings is 1. The Morgan fingerprint density at radius 3 is 2.17 bits per heavy atom. The molecule has 0 unspecified atom stereocenters. The molecule has 6 heteroatoms. The Kier molecular flexibility index (Phi) is 3.80. The fraction of sp³-hybridized carbons (Fsp3) is 0.167. The van der Waals surface area contributed by atoms with E-state index in [1.165, 1.54) is 0 Å². The third-order valence-corrected chi connectivity index (χ3v) is 1.24. The molecule has 0 aromatic carbocycles. The number of hydrogen-bond donors (Lipinski definition) is 0. The van der Waals surface area contributed by atoms with Crippen LogP contribution in [0.25, 0.3) is 0 Å². The van der Waals surface area contributed by atoms with Crippen molar-refractivity contribution in [2.75, 3.05) is 0 Å². The molecule has 0 aliphatic heterocycles. The molecule has 1 rings (SSSR count). The number of nitrogens with zero attached hydrogens (tertiary/aromatic N) is 1. The van der Waals surface area contributed by atoms with Crippen molar-refractivity contribution in [3.63, 3.8) is 0 Å². The van der Waals surface area contributed by atoms with Crippen LogP contribution in [-0.4, -0.2) is 4.98 Å². The molecule has 1 heterocycles. The van der Waals surface area contributed by atoms with Crippen molar-refractivity contribution in [3.05, 3.63) is 29.0 Å². The minimum Gasteiger partial charge on any atom is -0.263 e. The maximum Gasteiger partial charge on any atom is 0.417 e. The van der Waals surface area contributed by atoms with Crippen LogP contribution in [0, 0.1) is 0 Å². The van der Waals surface area contributed by atoms with Gasteiger partial charge in [-0.3, -0.25) is 4.98 Å². The average Bonchev–Trinajstić information content (AvgIpc) is 1.86. The molecule has 1 nitrogen and oxygen atoms in total. The number of aromatic nitrogens is 1. The fourth-order valence-electron chi connectivity index (χ4n) is 0.567. The highest BCUT2D eigenvalue weighted by Crippen LogP contribution is 2.29. The third kappa shape index (κ3) is 2.87. The van der Waals surface area contributed by atoms with Crippen LogP contribution in [0.15, 0.2) is 18.5 Å². The molecule has 1 aromatic heterocycles. The molecule has 0 fully saturated rings. The minimum atomic E-state index is -4.36. The van der Waals surface area contributed by atoms with Gasteiger partial charge in [0, 0.05) is 12.4 Å². The van der Waals surface area contributed by atoms with Gasteiger partial charge in [-0.1, -0.05) is 11.6 Å². The van der Waals surface area contributed by atoms with Crippen LogP contribution in [0.1, 0.15) is 5.56 Å². The van der Waals surface area contributed by atoms with Crippen LogP contribution in [0.2, 0.25) is 5.02 Å². The second-order valence-corrected chi connectivity index (χ2v) is 2.33. The molecule has 0 saturated heterocycles. The summed E-state index contributed by atoms with van der Waals surface area (Å²) < 4.78 is 35.6. The summed E-state index contributed by atoms with van der Waals surface area (Å²) in [6, 6.07) is 0.828. The second-order valence-electron chi connectivity index (χ2n) is 1.89. The van der Waals surface area contributed by atoms with E-state index < -0.39 is 11.7 Å². The topological polar surface area (TPSA) is 12.9 Å². The summed E-state index contributed by atoms with van der Waals surface area (Å²) in [5.41, 5.74) is -0.829. The first-order valence-corrected chi connectivity index (χ1v) is 3.05. The Morgan fingerprint density at radius 1 is 1.25 bits per heavy atom. The molecule has 0 atom stereocenters. The van der Waals surface area contributed by atoms with Gasteiger partial charge in [-0.25, -0.2) is 0 Å². The lowest BCUT2D eigenvalue weighted by Gasteiger charge is -2.04. The monoisotopic (exact) mass is 217 g/mol. The normalized spacial score (nSPS) is 10.7. The summed E-state index contributed by atoms with van der Waals surface area (Å²) in [4.78, 5) is 3.30. The summed E-state index contributed by atoms with van der Waals surface area (Å²) >= 11 is 5.29. The Bertz CT molecular complexity index is 261. The molecule has 0 spiro atoms. The Balaban J connectivity index is 0.00000121. The van der Waals surface area contributed by atoms with Crippen molar-refractivity contribution in [1.29, 1.82) is 0 Å². The van der Waals surface area contributed by atoms with Gasteiger partial charge >= 0.3 is 6.18 Å². The fourth-order valence-corrected chi connectivity index (χ4v) is 0.741. The first-order valence-electron chi connectivity index (χ1n) is 2.68. The van der Waals surface area contributed by atoms with E-state index in [1.807, 2.05) is 0 Å². The summed E-state index contributed by atoms with van der Waals surface area (Å²) in [5.74, 6) is 0. The zero-order chi connectivity index (χ0) is 8.48. The third-order valence-electron chi connectivity index (χ3n) is 1.03. The molecule has 0 saturated carbocycles. The van der Waals surface area contributed by atoms with Gasteiger partial charge in [-0.2, -0.15) is 13.2 Å². The molecule has 12 heavy (non-hydrogen) atoms. The Morgan fingerprint density at radius 2 is 1.83 bits per heavy atom. The molecule has 0 N–H and O–H groups in total. The zero-order valence-electron chi connectivity index (χ0n) is 5.60. The summed E-state index contributed by atoms with van der Waals surface area (Å²) in [5, 5.41) is -0.0141. The standard InChI is InChI=1S/C6H3ClF3N.ClH/c7-5-1-4(2-11-3-5)6(8,9)10;/h1-3H;1H. The lowest BCUT2D eigenvalue weighted by atomic mass is 10.3. The molecule has 0 radical (unpaired) electrons. The lowest BCUT2D eigenvalue weighted by molar-refractivity contribution is -0.137. The Hall–Kier alpha value is -0.480. The minimum absolute atomic E-state index is 0. The zero-order valence-corrected chi connectivity index (χ0v) is 7.17. The molecule has 0 bridgehead atoms. The lowest BCUT2D eigenvalue weighted by Crippen LogP contribution is -2.04. The van der Waals surface area contributed by atoms with E-state index in [-0.39, 0.29) is 17.4 Å². The van der Waals surface area contributed by atoms with Crippen molar-refractivity contribution in [3.8, 4) is 0 Å². The predicted octanol–water partition coefficient (Wildman–Crippen LogP) is 3.18. The van der Waals surface area contributed by atoms with Crippen molar-refractivity contribution < 1.29 is 13.2 Å². The van der Waals surface area contributed by atoms with Crippen LogP contribution in [-0.2, 0) is 6.18 Å². The Labute approximate surface area is 78.0 Å². The number of halogens is 5. The van der Waals surface area contributed by atoms with Gasteiger partial charge in [0.05, 0.1) is 10.6 Å². The first-order chi connectivity index (χ1) is 5.00. The van der Waals surface area contributed by atoms with Crippen LogP contribution < -0.4 is 0 Å². The predicted molar refractivity (Wildman–Crippen MR) is 41.5 cm³/mol. The highest BCUT2D eigenvalue weighted by atomic mass is 35.5. The van der Waals surface area contributed by atoms with Crippen LogP contribution >= 0.6 is 24.0 Å². The molecule has 1 aromatic rings. The van der Waals surface area contributed by atoms with Crippen molar-refractivity contribution >= 4 is 24.0 Å². The van der Waals surface area contributed by atoms with E-state index in [9.17, 15) is 13.2 Å². The maximum atomic E-state index is 11.9. The summed E-state index contributed by atoms with van der Waals surface area (Å²) in [6.45, 7) is 0. The summed E-state index contributed by atoms with van der Waals surface area (Å²) in [6.07, 6.45) is -2.49. The van der Waals surface area contributed by atoms with E-state index in [1.54, 1.807) is 0 Å². The highest BCUT2D eigenvalue weighted by molar-refractivity contribution is 6.30. The molecular formula is C6H4Cl2F3N. The first kappa shape index (κ1) is 11.5. The van der Waals surface area contributed by atoms with Gasteiger partial charge in [0.25, 0.3) is 0 Å². The smallest absolute Gasteiger partial charge is 0.263 e. The summed E-state index contributed by atoms with van der Waals surface area (Å²) in [7, 11) is 0. The molecule has 68 valence electrons. The van der Waals surface area contributed by atoms with Gasteiger partial charge in [0.2, 0.25) is 0 Å². The van der Waals surface area contributed by atoms with Crippen LogP contribution in [0.4, 0.5) is 13.2 Å². The number of alkyl halides is 3. The second kappa shape index (κ2) is 3.96. The SMILES string of the molecule is Cl.FC(F)(F)c1cncc(Cl)c1. The van der Waals surface area contributed by atoms with E-state index in [0.717, 1.165) is 18.5 Å². The van der Waals surface area contributed by atoms with Crippen molar-refractivity contribution in [2.45, 2.75) is 6.18 Å². The maximum absolute atomic E-state index is 11.9. The van der Waals surface area contributed by atoms with Crippen LogP contribution in [0.3, 0.4) is 0 Å². The quantitative estimate of drug-likeness (QED) is 0.651. The largest absolute Gasteiger partial charge is 0.417 e. The van der Waals surface area contributed by atoms with E-state index in [0.29, 0.717) is 0 Å². The number of rotatable bonds is 0. The van der Waals surface area contributed by atoms with E-state index in [4.69, 9.17) is 11.6 Å².